The van der Waals surface area contributed by atoms with E-state index in [1.54, 1.807) is 12.1 Å². The summed E-state index contributed by atoms with van der Waals surface area (Å²) in [7, 11) is 0. The fraction of sp³-hybridized carbons (Fsp3) is 0.118. The Morgan fingerprint density at radius 3 is 2.48 bits per heavy atom. The predicted molar refractivity (Wildman–Crippen MR) is 85.9 cm³/mol. The van der Waals surface area contributed by atoms with E-state index in [2.05, 4.69) is 10.3 Å². The third kappa shape index (κ3) is 2.57. The molecule has 3 rings (SSSR count). The molecule has 2 nitrogen and oxygen atoms in total. The summed E-state index contributed by atoms with van der Waals surface area (Å²) in [6, 6.07) is 12.0. The minimum absolute atomic E-state index is 0.258. The highest BCUT2D eigenvalue weighted by molar-refractivity contribution is 6.36. The van der Waals surface area contributed by atoms with E-state index in [4.69, 9.17) is 11.6 Å². The average molecular weight is 301 g/mol. The van der Waals surface area contributed by atoms with Crippen molar-refractivity contribution < 1.29 is 4.39 Å². The summed E-state index contributed by atoms with van der Waals surface area (Å²) in [6.07, 6.45) is 0. The Hall–Kier alpha value is -2.13. The second-order valence-corrected chi connectivity index (χ2v) is 5.35. The molecule has 0 saturated carbocycles. The van der Waals surface area contributed by atoms with Crippen molar-refractivity contribution in [3.05, 3.63) is 64.6 Å². The van der Waals surface area contributed by atoms with Crippen molar-refractivity contribution in [2.24, 2.45) is 0 Å². The number of nitrogens with zero attached hydrogens (tertiary/aromatic N) is 1. The highest BCUT2D eigenvalue weighted by Crippen LogP contribution is 2.32. The molecular formula is C17H14ClFN2. The Morgan fingerprint density at radius 1 is 1.05 bits per heavy atom. The largest absolute Gasteiger partial charge is 0.354 e. The molecule has 3 aromatic rings. The number of hydrogen-bond donors (Lipinski definition) is 1. The van der Waals surface area contributed by atoms with Crippen LogP contribution in [0.25, 0.3) is 10.9 Å². The first-order valence-electron chi connectivity index (χ1n) is 6.64. The highest BCUT2D eigenvalue weighted by Gasteiger charge is 2.10. The monoisotopic (exact) mass is 300 g/mol. The van der Waals surface area contributed by atoms with E-state index in [1.807, 2.05) is 32.0 Å². The molecule has 1 aromatic heterocycles. The second-order valence-electron chi connectivity index (χ2n) is 4.97. The molecule has 2 aromatic carbocycles. The first-order chi connectivity index (χ1) is 10.1. The van der Waals surface area contributed by atoms with Crippen LogP contribution in [0.2, 0.25) is 5.02 Å². The van der Waals surface area contributed by atoms with Gasteiger partial charge in [0, 0.05) is 16.8 Å². The first-order valence-corrected chi connectivity index (χ1v) is 7.02. The maximum Gasteiger partial charge on any atom is 0.123 e. The van der Waals surface area contributed by atoms with E-state index in [-0.39, 0.29) is 5.82 Å². The molecule has 0 aliphatic rings. The van der Waals surface area contributed by atoms with Crippen LogP contribution in [0, 0.1) is 19.7 Å². The van der Waals surface area contributed by atoms with Gasteiger partial charge < -0.3 is 5.32 Å². The number of anilines is 2. The van der Waals surface area contributed by atoms with Crippen LogP contribution in [-0.4, -0.2) is 4.98 Å². The van der Waals surface area contributed by atoms with Crippen molar-refractivity contribution in [1.82, 2.24) is 4.98 Å². The van der Waals surface area contributed by atoms with Gasteiger partial charge in [0.25, 0.3) is 0 Å². The lowest BCUT2D eigenvalue weighted by atomic mass is 10.1. The van der Waals surface area contributed by atoms with Crippen LogP contribution in [0.15, 0.2) is 42.5 Å². The smallest absolute Gasteiger partial charge is 0.123 e. The molecule has 0 aliphatic carbocycles. The summed E-state index contributed by atoms with van der Waals surface area (Å²) in [6.45, 7) is 3.90. The lowest BCUT2D eigenvalue weighted by molar-refractivity contribution is 0.628. The molecule has 0 unspecified atom stereocenters. The van der Waals surface area contributed by atoms with Crippen LogP contribution < -0.4 is 5.32 Å². The minimum atomic E-state index is -0.258. The third-order valence-corrected chi connectivity index (χ3v) is 4.03. The maximum absolute atomic E-state index is 13.0. The summed E-state index contributed by atoms with van der Waals surface area (Å²) in [5.74, 6) is -0.258. The molecule has 0 bridgehead atoms. The van der Waals surface area contributed by atoms with Crippen LogP contribution in [0.5, 0.6) is 0 Å². The zero-order valence-electron chi connectivity index (χ0n) is 11.7. The Kier molecular flexibility index (Phi) is 3.52. The number of para-hydroxylation sites is 1. The first kappa shape index (κ1) is 13.8. The lowest BCUT2D eigenvalue weighted by Gasteiger charge is -2.12. The zero-order valence-corrected chi connectivity index (χ0v) is 12.5. The van der Waals surface area contributed by atoms with Crippen molar-refractivity contribution in [1.29, 1.82) is 0 Å². The number of halogens is 2. The van der Waals surface area contributed by atoms with Crippen molar-refractivity contribution in [3.8, 4) is 0 Å². The molecule has 106 valence electrons. The molecular weight excluding hydrogens is 287 g/mol. The van der Waals surface area contributed by atoms with E-state index >= 15 is 0 Å². The lowest BCUT2D eigenvalue weighted by Crippen LogP contribution is -1.96. The number of nitrogens with one attached hydrogen (secondary N) is 1. The second kappa shape index (κ2) is 5.34. The van der Waals surface area contributed by atoms with Gasteiger partial charge >= 0.3 is 0 Å². The Labute approximate surface area is 127 Å². The summed E-state index contributed by atoms with van der Waals surface area (Å²) in [4.78, 5) is 4.63. The van der Waals surface area contributed by atoms with E-state index in [0.717, 1.165) is 38.6 Å². The van der Waals surface area contributed by atoms with E-state index in [1.165, 1.54) is 12.1 Å². The normalized spacial score (nSPS) is 10.9. The quantitative estimate of drug-likeness (QED) is 0.686. The number of aryl methyl sites for hydroxylation is 1. The third-order valence-electron chi connectivity index (χ3n) is 3.55. The molecule has 4 heteroatoms. The maximum atomic E-state index is 13.0. The Bertz CT molecular complexity index is 813. The molecule has 1 N–H and O–H groups in total. The van der Waals surface area contributed by atoms with Gasteiger partial charge in [0.05, 0.1) is 16.2 Å². The summed E-state index contributed by atoms with van der Waals surface area (Å²) >= 11 is 6.41. The number of fused-ring (bicyclic) bond motifs is 1. The van der Waals surface area contributed by atoms with Gasteiger partial charge in [-0.2, -0.15) is 0 Å². The molecule has 0 radical (unpaired) electrons. The standard InChI is InChI=1S/C17H14ClFN2/c1-10-11(2)20-17-14(16(10)18)4-3-5-15(17)21-13-8-6-12(19)7-9-13/h3-9,21H,1-2H3. The van der Waals surface area contributed by atoms with Crippen LogP contribution in [-0.2, 0) is 0 Å². The molecule has 0 fully saturated rings. The molecule has 0 spiro atoms. The molecule has 0 atom stereocenters. The molecule has 0 saturated heterocycles. The highest BCUT2D eigenvalue weighted by atomic mass is 35.5. The molecule has 1 heterocycles. The van der Waals surface area contributed by atoms with Crippen LogP contribution in [0.3, 0.4) is 0 Å². The van der Waals surface area contributed by atoms with Gasteiger partial charge in [0.1, 0.15) is 5.82 Å². The Balaban J connectivity index is 2.12. The van der Waals surface area contributed by atoms with Gasteiger partial charge in [0.15, 0.2) is 0 Å². The van der Waals surface area contributed by atoms with Gasteiger partial charge in [-0.05, 0) is 49.7 Å². The van der Waals surface area contributed by atoms with Gasteiger partial charge in [-0.15, -0.1) is 0 Å². The van der Waals surface area contributed by atoms with Crippen LogP contribution in [0.1, 0.15) is 11.3 Å². The number of rotatable bonds is 2. The van der Waals surface area contributed by atoms with Gasteiger partial charge in [-0.1, -0.05) is 23.7 Å². The van der Waals surface area contributed by atoms with Crippen LogP contribution >= 0.6 is 11.6 Å². The average Bonchev–Trinajstić information content (AvgIpc) is 2.48. The van der Waals surface area contributed by atoms with Crippen molar-refractivity contribution in [3.63, 3.8) is 0 Å². The Morgan fingerprint density at radius 2 is 1.76 bits per heavy atom. The van der Waals surface area contributed by atoms with E-state index in [9.17, 15) is 4.39 Å². The van der Waals surface area contributed by atoms with Crippen molar-refractivity contribution in [2.45, 2.75) is 13.8 Å². The molecule has 0 amide bonds. The van der Waals surface area contributed by atoms with Crippen molar-refractivity contribution >= 4 is 33.9 Å². The fourth-order valence-corrected chi connectivity index (χ4v) is 2.53. The van der Waals surface area contributed by atoms with Gasteiger partial charge in [0.2, 0.25) is 0 Å². The van der Waals surface area contributed by atoms with Crippen LogP contribution in [0.4, 0.5) is 15.8 Å². The number of aromatic nitrogens is 1. The molecule has 0 aliphatic heterocycles. The SMILES string of the molecule is Cc1nc2c(Nc3ccc(F)cc3)cccc2c(Cl)c1C. The van der Waals surface area contributed by atoms with E-state index in [0.29, 0.717) is 0 Å². The molecule has 21 heavy (non-hydrogen) atoms. The number of pyridine rings is 1. The minimum Gasteiger partial charge on any atom is -0.354 e. The summed E-state index contributed by atoms with van der Waals surface area (Å²) < 4.78 is 13.0. The number of hydrogen-bond acceptors (Lipinski definition) is 2. The number of benzene rings is 2. The summed E-state index contributed by atoms with van der Waals surface area (Å²) in [5, 5.41) is 4.89. The zero-order chi connectivity index (χ0) is 15.0. The topological polar surface area (TPSA) is 24.9 Å². The van der Waals surface area contributed by atoms with Gasteiger partial charge in [-0.25, -0.2) is 4.39 Å². The fourth-order valence-electron chi connectivity index (χ4n) is 2.24. The summed E-state index contributed by atoms with van der Waals surface area (Å²) in [5.41, 5.74) is 4.36. The van der Waals surface area contributed by atoms with Gasteiger partial charge in [-0.3, -0.25) is 4.98 Å². The van der Waals surface area contributed by atoms with Crippen molar-refractivity contribution in [2.75, 3.05) is 5.32 Å². The van der Waals surface area contributed by atoms with E-state index < -0.39 is 0 Å². The predicted octanol–water partition coefficient (Wildman–Crippen LogP) is 5.39.